The van der Waals surface area contributed by atoms with Crippen LogP contribution in [0.15, 0.2) is 0 Å². The maximum atomic E-state index is 11.6. The molecule has 0 aliphatic carbocycles. The standard InChI is InChI=1S/C17H35NO4/c1-14(2)15(19)13-22-17(5,6)8-11-21-16(3,4)7-10-20-12-9-18/h14H,7-13,18H2,1-6H3. The summed E-state index contributed by atoms with van der Waals surface area (Å²) >= 11 is 0. The summed E-state index contributed by atoms with van der Waals surface area (Å²) < 4.78 is 17.0. The summed E-state index contributed by atoms with van der Waals surface area (Å²) in [5, 5.41) is 0. The number of nitrogens with two attached hydrogens (primary N) is 1. The average Bonchev–Trinajstić information content (AvgIpc) is 2.40. The highest BCUT2D eigenvalue weighted by atomic mass is 16.5. The van der Waals surface area contributed by atoms with E-state index in [4.69, 9.17) is 19.9 Å². The molecule has 0 aromatic rings. The van der Waals surface area contributed by atoms with E-state index in [2.05, 4.69) is 13.8 Å². The zero-order chi connectivity index (χ0) is 17.2. The van der Waals surface area contributed by atoms with Crippen LogP contribution in [0.5, 0.6) is 0 Å². The SMILES string of the molecule is CC(C)C(=O)COC(C)(C)CCOC(C)(C)CCOCCN. The summed E-state index contributed by atoms with van der Waals surface area (Å²) in [7, 11) is 0. The first-order chi connectivity index (χ1) is 10.1. The van der Waals surface area contributed by atoms with Crippen molar-refractivity contribution in [1.82, 2.24) is 0 Å². The summed E-state index contributed by atoms with van der Waals surface area (Å²) in [5.74, 6) is 0.144. The second-order valence-electron chi connectivity index (χ2n) is 7.18. The number of Topliss-reactive ketones (excluding diaryl/α,β-unsaturated/α-hetero) is 1. The largest absolute Gasteiger partial charge is 0.380 e. The number of carbonyl (C=O) groups is 1. The molecular weight excluding hydrogens is 282 g/mol. The Labute approximate surface area is 135 Å². The lowest BCUT2D eigenvalue weighted by molar-refractivity contribution is -0.134. The highest BCUT2D eigenvalue weighted by Crippen LogP contribution is 2.19. The number of rotatable bonds is 13. The molecule has 0 aliphatic heterocycles. The van der Waals surface area contributed by atoms with Crippen molar-refractivity contribution in [3.8, 4) is 0 Å². The Balaban J connectivity index is 3.96. The van der Waals surface area contributed by atoms with Crippen molar-refractivity contribution in [2.75, 3.05) is 33.0 Å². The van der Waals surface area contributed by atoms with Crippen LogP contribution in [0.3, 0.4) is 0 Å². The van der Waals surface area contributed by atoms with E-state index in [1.165, 1.54) is 0 Å². The Bertz CT molecular complexity index is 314. The van der Waals surface area contributed by atoms with Gasteiger partial charge >= 0.3 is 0 Å². The van der Waals surface area contributed by atoms with Gasteiger partial charge in [-0.15, -0.1) is 0 Å². The zero-order valence-electron chi connectivity index (χ0n) is 15.2. The van der Waals surface area contributed by atoms with Crippen LogP contribution in [-0.4, -0.2) is 50.0 Å². The lowest BCUT2D eigenvalue weighted by Gasteiger charge is -2.29. The fraction of sp³-hybridized carbons (Fsp3) is 0.941. The molecule has 0 rings (SSSR count). The highest BCUT2D eigenvalue weighted by Gasteiger charge is 2.23. The maximum Gasteiger partial charge on any atom is 0.161 e. The molecule has 0 bridgehead atoms. The van der Waals surface area contributed by atoms with Crippen LogP contribution in [0.2, 0.25) is 0 Å². The van der Waals surface area contributed by atoms with Gasteiger partial charge < -0.3 is 19.9 Å². The lowest BCUT2D eigenvalue weighted by Crippen LogP contribution is -2.33. The van der Waals surface area contributed by atoms with Crippen LogP contribution in [0.25, 0.3) is 0 Å². The molecule has 0 atom stereocenters. The first kappa shape index (κ1) is 21.5. The van der Waals surface area contributed by atoms with E-state index in [9.17, 15) is 4.79 Å². The number of hydrogen-bond acceptors (Lipinski definition) is 5. The Hall–Kier alpha value is -0.490. The maximum absolute atomic E-state index is 11.6. The summed E-state index contributed by atoms with van der Waals surface area (Å²) in [4.78, 5) is 11.6. The van der Waals surface area contributed by atoms with Gasteiger partial charge in [-0.2, -0.15) is 0 Å². The minimum Gasteiger partial charge on any atom is -0.380 e. The van der Waals surface area contributed by atoms with Gasteiger partial charge in [-0.05, 0) is 40.5 Å². The Morgan fingerprint density at radius 3 is 2.05 bits per heavy atom. The molecule has 0 amide bonds. The van der Waals surface area contributed by atoms with E-state index < -0.39 is 0 Å². The molecule has 0 aliphatic rings. The molecule has 0 heterocycles. The minimum absolute atomic E-state index is 0.0134. The third kappa shape index (κ3) is 11.1. The van der Waals surface area contributed by atoms with Gasteiger partial charge in [0, 0.05) is 19.1 Å². The topological polar surface area (TPSA) is 70.8 Å². The molecule has 22 heavy (non-hydrogen) atoms. The molecule has 2 N–H and O–H groups in total. The molecule has 132 valence electrons. The molecule has 0 radical (unpaired) electrons. The molecule has 0 aromatic carbocycles. The van der Waals surface area contributed by atoms with Crippen molar-refractivity contribution in [3.63, 3.8) is 0 Å². The molecule has 5 heteroatoms. The molecule has 0 saturated carbocycles. The first-order valence-corrected chi connectivity index (χ1v) is 8.18. The van der Waals surface area contributed by atoms with Gasteiger partial charge in [0.15, 0.2) is 5.78 Å². The molecule has 0 aromatic heterocycles. The Morgan fingerprint density at radius 2 is 1.50 bits per heavy atom. The van der Waals surface area contributed by atoms with Gasteiger partial charge in [0.25, 0.3) is 0 Å². The summed E-state index contributed by atoms with van der Waals surface area (Å²) in [6, 6.07) is 0. The van der Waals surface area contributed by atoms with E-state index in [-0.39, 0.29) is 29.5 Å². The van der Waals surface area contributed by atoms with Gasteiger partial charge in [-0.1, -0.05) is 13.8 Å². The van der Waals surface area contributed by atoms with Crippen LogP contribution in [0.1, 0.15) is 54.4 Å². The van der Waals surface area contributed by atoms with Crippen LogP contribution in [0, 0.1) is 5.92 Å². The monoisotopic (exact) mass is 317 g/mol. The second kappa shape index (κ2) is 10.3. The lowest BCUT2D eigenvalue weighted by atomic mass is 10.0. The molecule has 0 saturated heterocycles. The van der Waals surface area contributed by atoms with Crippen LogP contribution in [-0.2, 0) is 19.0 Å². The van der Waals surface area contributed by atoms with Crippen molar-refractivity contribution in [2.24, 2.45) is 11.7 Å². The van der Waals surface area contributed by atoms with Crippen LogP contribution in [0.4, 0.5) is 0 Å². The fourth-order valence-corrected chi connectivity index (χ4v) is 1.65. The van der Waals surface area contributed by atoms with E-state index in [1.54, 1.807) is 0 Å². The number of hydrogen-bond donors (Lipinski definition) is 1. The van der Waals surface area contributed by atoms with Crippen molar-refractivity contribution in [2.45, 2.75) is 65.6 Å². The van der Waals surface area contributed by atoms with Crippen LogP contribution >= 0.6 is 0 Å². The third-order valence-electron chi connectivity index (χ3n) is 3.56. The predicted molar refractivity (Wildman–Crippen MR) is 89.0 cm³/mol. The van der Waals surface area contributed by atoms with E-state index in [0.29, 0.717) is 26.4 Å². The zero-order valence-corrected chi connectivity index (χ0v) is 15.2. The molecule has 5 nitrogen and oxygen atoms in total. The smallest absolute Gasteiger partial charge is 0.161 e. The van der Waals surface area contributed by atoms with E-state index in [0.717, 1.165) is 12.8 Å². The van der Waals surface area contributed by atoms with Crippen LogP contribution < -0.4 is 5.73 Å². The molecular formula is C17H35NO4. The summed E-state index contributed by atoms with van der Waals surface area (Å²) in [6.45, 7) is 14.4. The molecule has 0 spiro atoms. The third-order valence-corrected chi connectivity index (χ3v) is 3.56. The van der Waals surface area contributed by atoms with Crippen molar-refractivity contribution < 1.29 is 19.0 Å². The average molecular weight is 317 g/mol. The Kier molecular flexibility index (Phi) is 10.1. The molecule has 0 unspecified atom stereocenters. The van der Waals surface area contributed by atoms with Crippen molar-refractivity contribution in [1.29, 1.82) is 0 Å². The predicted octanol–water partition coefficient (Wildman–Crippen LogP) is 2.56. The fourth-order valence-electron chi connectivity index (χ4n) is 1.65. The van der Waals surface area contributed by atoms with Gasteiger partial charge in [0.05, 0.1) is 24.4 Å². The van der Waals surface area contributed by atoms with E-state index >= 15 is 0 Å². The molecule has 0 fully saturated rings. The van der Waals surface area contributed by atoms with Gasteiger partial charge in [-0.25, -0.2) is 0 Å². The number of carbonyl (C=O) groups excluding carboxylic acids is 1. The first-order valence-electron chi connectivity index (χ1n) is 8.18. The quantitative estimate of drug-likeness (QED) is 0.529. The van der Waals surface area contributed by atoms with Crippen molar-refractivity contribution in [3.05, 3.63) is 0 Å². The van der Waals surface area contributed by atoms with Gasteiger partial charge in [0.2, 0.25) is 0 Å². The van der Waals surface area contributed by atoms with Gasteiger partial charge in [-0.3, -0.25) is 4.79 Å². The number of ketones is 1. The van der Waals surface area contributed by atoms with Gasteiger partial charge in [0.1, 0.15) is 6.61 Å². The second-order valence-corrected chi connectivity index (χ2v) is 7.18. The van der Waals surface area contributed by atoms with Crippen molar-refractivity contribution >= 4 is 5.78 Å². The minimum atomic E-state index is -0.364. The normalized spacial score (nSPS) is 12.9. The highest BCUT2D eigenvalue weighted by molar-refractivity contribution is 5.81. The number of ether oxygens (including phenoxy) is 3. The summed E-state index contributed by atoms with van der Waals surface area (Å²) in [6.07, 6.45) is 1.56. The van der Waals surface area contributed by atoms with E-state index in [1.807, 2.05) is 27.7 Å². The summed E-state index contributed by atoms with van der Waals surface area (Å²) in [5.41, 5.74) is 4.78. The Morgan fingerprint density at radius 1 is 0.955 bits per heavy atom.